The highest BCUT2D eigenvalue weighted by molar-refractivity contribution is 4.67. The van der Waals surface area contributed by atoms with Crippen molar-refractivity contribution in [2.45, 2.75) is 12.8 Å². The van der Waals surface area contributed by atoms with Gasteiger partial charge in [0.05, 0.1) is 0 Å². The van der Waals surface area contributed by atoms with Crippen molar-refractivity contribution in [3.63, 3.8) is 0 Å². The van der Waals surface area contributed by atoms with Crippen molar-refractivity contribution >= 4 is 0 Å². The Labute approximate surface area is 69.3 Å². The Morgan fingerprint density at radius 1 is 1.36 bits per heavy atom. The molecule has 0 bridgehead atoms. The zero-order valence-corrected chi connectivity index (χ0v) is 7.60. The van der Waals surface area contributed by atoms with Gasteiger partial charge in [0.1, 0.15) is 0 Å². The van der Waals surface area contributed by atoms with Crippen LogP contribution < -0.4 is 11.1 Å². The molecule has 3 nitrogen and oxygen atoms in total. The van der Waals surface area contributed by atoms with E-state index in [9.17, 15) is 0 Å². The van der Waals surface area contributed by atoms with Gasteiger partial charge < -0.3 is 15.8 Å². The summed E-state index contributed by atoms with van der Waals surface area (Å²) in [6.07, 6.45) is 2.57. The molecule has 0 atom stereocenters. The maximum absolute atomic E-state index is 5.05. The number of nitrogens with two attached hydrogens (primary N) is 1. The first-order valence-electron chi connectivity index (χ1n) is 4.21. The summed E-state index contributed by atoms with van der Waals surface area (Å²) in [6, 6.07) is 0. The SMILES string of the molecule is CN.COCC1CCNCC1. The van der Waals surface area contributed by atoms with Crippen molar-refractivity contribution in [1.29, 1.82) is 0 Å². The monoisotopic (exact) mass is 160 g/mol. The molecule has 0 amide bonds. The molecular weight excluding hydrogens is 140 g/mol. The van der Waals surface area contributed by atoms with Crippen LogP contribution in [0, 0.1) is 5.92 Å². The Balaban J connectivity index is 0.000000461. The molecule has 0 spiro atoms. The lowest BCUT2D eigenvalue weighted by atomic mass is 10.00. The first-order chi connectivity index (χ1) is 5.43. The third kappa shape index (κ3) is 5.18. The van der Waals surface area contributed by atoms with E-state index in [1.54, 1.807) is 7.11 Å². The van der Waals surface area contributed by atoms with Gasteiger partial charge in [-0.15, -0.1) is 0 Å². The first-order valence-corrected chi connectivity index (χ1v) is 4.21. The highest BCUT2D eigenvalue weighted by Crippen LogP contribution is 2.10. The van der Waals surface area contributed by atoms with E-state index < -0.39 is 0 Å². The summed E-state index contributed by atoms with van der Waals surface area (Å²) in [4.78, 5) is 0. The zero-order valence-electron chi connectivity index (χ0n) is 7.60. The molecule has 0 saturated carbocycles. The van der Waals surface area contributed by atoms with Crippen molar-refractivity contribution in [3.05, 3.63) is 0 Å². The van der Waals surface area contributed by atoms with E-state index >= 15 is 0 Å². The molecule has 1 aliphatic heterocycles. The second-order valence-electron chi connectivity index (χ2n) is 2.65. The second kappa shape index (κ2) is 7.98. The maximum atomic E-state index is 5.05. The molecule has 1 fully saturated rings. The summed E-state index contributed by atoms with van der Waals surface area (Å²) in [7, 11) is 3.28. The quantitative estimate of drug-likeness (QED) is 0.607. The molecule has 11 heavy (non-hydrogen) atoms. The van der Waals surface area contributed by atoms with Crippen LogP contribution in [0.3, 0.4) is 0 Å². The molecule has 68 valence electrons. The highest BCUT2D eigenvalue weighted by atomic mass is 16.5. The van der Waals surface area contributed by atoms with Gasteiger partial charge in [-0.1, -0.05) is 0 Å². The first kappa shape index (κ1) is 10.9. The van der Waals surface area contributed by atoms with E-state index in [0.29, 0.717) is 0 Å². The third-order valence-corrected chi connectivity index (χ3v) is 1.86. The van der Waals surface area contributed by atoms with Crippen LogP contribution in [-0.4, -0.2) is 33.9 Å². The number of hydrogen-bond donors (Lipinski definition) is 2. The largest absolute Gasteiger partial charge is 0.384 e. The van der Waals surface area contributed by atoms with Crippen LogP contribution in [0.15, 0.2) is 0 Å². The fourth-order valence-corrected chi connectivity index (χ4v) is 1.28. The minimum absolute atomic E-state index is 0.816. The predicted octanol–water partition coefficient (Wildman–Crippen LogP) is 0.207. The molecule has 1 rings (SSSR count). The minimum atomic E-state index is 0.816. The number of ether oxygens (including phenoxy) is 1. The highest BCUT2D eigenvalue weighted by Gasteiger charge is 2.11. The van der Waals surface area contributed by atoms with Crippen molar-refractivity contribution in [1.82, 2.24) is 5.32 Å². The Kier molecular flexibility index (Phi) is 7.89. The second-order valence-corrected chi connectivity index (χ2v) is 2.65. The number of nitrogens with one attached hydrogen (secondary N) is 1. The molecular formula is C8H20N2O. The Bertz CT molecular complexity index is 69.7. The molecule has 1 aliphatic rings. The van der Waals surface area contributed by atoms with Crippen LogP contribution in [0.4, 0.5) is 0 Å². The van der Waals surface area contributed by atoms with Gasteiger partial charge in [0.2, 0.25) is 0 Å². The van der Waals surface area contributed by atoms with Gasteiger partial charge in [-0.05, 0) is 38.9 Å². The zero-order chi connectivity index (χ0) is 8.53. The summed E-state index contributed by atoms with van der Waals surface area (Å²) >= 11 is 0. The van der Waals surface area contributed by atoms with E-state index in [2.05, 4.69) is 11.1 Å². The van der Waals surface area contributed by atoms with Crippen LogP contribution in [-0.2, 0) is 4.74 Å². The molecule has 1 saturated heterocycles. The summed E-state index contributed by atoms with van der Waals surface area (Å²) in [5, 5.41) is 3.32. The summed E-state index contributed by atoms with van der Waals surface area (Å²) in [5.74, 6) is 0.816. The van der Waals surface area contributed by atoms with E-state index in [-0.39, 0.29) is 0 Å². The Morgan fingerprint density at radius 3 is 2.36 bits per heavy atom. The van der Waals surface area contributed by atoms with E-state index in [1.165, 1.54) is 33.0 Å². The minimum Gasteiger partial charge on any atom is -0.384 e. The van der Waals surface area contributed by atoms with Gasteiger partial charge in [0.25, 0.3) is 0 Å². The lowest BCUT2D eigenvalue weighted by molar-refractivity contribution is 0.135. The molecule has 3 heteroatoms. The smallest absolute Gasteiger partial charge is 0.0491 e. The summed E-state index contributed by atoms with van der Waals surface area (Å²) in [5.41, 5.74) is 4.50. The van der Waals surface area contributed by atoms with Crippen LogP contribution in [0.2, 0.25) is 0 Å². The number of hydrogen-bond acceptors (Lipinski definition) is 3. The summed E-state index contributed by atoms with van der Waals surface area (Å²) in [6.45, 7) is 3.30. The van der Waals surface area contributed by atoms with Crippen molar-refractivity contribution in [3.8, 4) is 0 Å². The van der Waals surface area contributed by atoms with Gasteiger partial charge >= 0.3 is 0 Å². The predicted molar refractivity (Wildman–Crippen MR) is 47.6 cm³/mol. The fraction of sp³-hybridized carbons (Fsp3) is 1.00. The Hall–Kier alpha value is -0.120. The van der Waals surface area contributed by atoms with E-state index in [4.69, 9.17) is 4.74 Å². The van der Waals surface area contributed by atoms with Crippen LogP contribution in [0.25, 0.3) is 0 Å². The van der Waals surface area contributed by atoms with Crippen LogP contribution in [0.1, 0.15) is 12.8 Å². The average molecular weight is 160 g/mol. The molecule has 0 aromatic carbocycles. The van der Waals surface area contributed by atoms with Crippen LogP contribution in [0.5, 0.6) is 0 Å². The van der Waals surface area contributed by atoms with Crippen molar-refractivity contribution in [2.24, 2.45) is 11.7 Å². The van der Waals surface area contributed by atoms with E-state index in [1.807, 2.05) is 0 Å². The molecule has 3 N–H and O–H groups in total. The number of methoxy groups -OCH3 is 1. The third-order valence-electron chi connectivity index (χ3n) is 1.86. The average Bonchev–Trinajstić information content (AvgIpc) is 2.11. The molecule has 0 aromatic heterocycles. The Morgan fingerprint density at radius 2 is 1.91 bits per heavy atom. The molecule has 1 heterocycles. The van der Waals surface area contributed by atoms with Gasteiger partial charge in [0.15, 0.2) is 0 Å². The standard InChI is InChI=1S/C7H15NO.CH5N/c1-9-6-7-2-4-8-5-3-7;1-2/h7-8H,2-6H2,1H3;2H2,1H3. The van der Waals surface area contributed by atoms with Gasteiger partial charge in [-0.2, -0.15) is 0 Å². The molecule has 0 unspecified atom stereocenters. The number of piperidine rings is 1. The lowest BCUT2D eigenvalue weighted by Crippen LogP contribution is -2.29. The lowest BCUT2D eigenvalue weighted by Gasteiger charge is -2.21. The maximum Gasteiger partial charge on any atom is 0.0491 e. The molecule has 0 aromatic rings. The van der Waals surface area contributed by atoms with E-state index in [0.717, 1.165) is 12.5 Å². The number of rotatable bonds is 2. The van der Waals surface area contributed by atoms with Gasteiger partial charge in [-0.25, -0.2) is 0 Å². The van der Waals surface area contributed by atoms with Gasteiger partial charge in [0, 0.05) is 13.7 Å². The summed E-state index contributed by atoms with van der Waals surface area (Å²) < 4.78 is 5.05. The van der Waals surface area contributed by atoms with Crippen molar-refractivity contribution < 1.29 is 4.74 Å². The fourth-order valence-electron chi connectivity index (χ4n) is 1.28. The van der Waals surface area contributed by atoms with Crippen LogP contribution >= 0.6 is 0 Å². The van der Waals surface area contributed by atoms with Gasteiger partial charge in [-0.3, -0.25) is 0 Å². The normalized spacial score (nSPS) is 18.8. The topological polar surface area (TPSA) is 47.3 Å². The molecule has 0 aliphatic carbocycles. The van der Waals surface area contributed by atoms with Crippen molar-refractivity contribution in [2.75, 3.05) is 33.9 Å². The molecule has 0 radical (unpaired) electrons.